The fraction of sp³-hybridized carbons (Fsp3) is 0.429. The first-order valence-corrected chi connectivity index (χ1v) is 6.61. The molecule has 0 aliphatic carbocycles. The summed E-state index contributed by atoms with van der Waals surface area (Å²) >= 11 is 6.11. The second kappa shape index (κ2) is 6.02. The summed E-state index contributed by atoms with van der Waals surface area (Å²) in [5.74, 6) is 0.708. The summed E-state index contributed by atoms with van der Waals surface area (Å²) in [6, 6.07) is 3.74. The number of hydrogen-bond acceptors (Lipinski definition) is 4. The van der Waals surface area contributed by atoms with Crippen LogP contribution < -0.4 is 14.8 Å². The molecule has 106 valence electrons. The van der Waals surface area contributed by atoms with E-state index >= 15 is 0 Å². The molecule has 0 fully saturated rings. The number of ether oxygens (including phenoxy) is 2. The molecule has 1 amide bonds. The van der Waals surface area contributed by atoms with Crippen molar-refractivity contribution in [3.05, 3.63) is 16.7 Å². The topological polar surface area (TPSA) is 71.3 Å². The molecular weight excluding hydrogens is 280 g/mol. The molecule has 1 aromatic rings. The van der Waals surface area contributed by atoms with Crippen molar-refractivity contribution < 1.29 is 14.3 Å². The molecule has 1 aliphatic rings. The molecule has 6 heteroatoms. The molecule has 0 spiro atoms. The summed E-state index contributed by atoms with van der Waals surface area (Å²) in [4.78, 5) is 12.1. The highest BCUT2D eigenvalue weighted by atomic mass is 35.5. The van der Waals surface area contributed by atoms with Crippen LogP contribution >= 0.6 is 11.6 Å². The molecule has 20 heavy (non-hydrogen) atoms. The van der Waals surface area contributed by atoms with Crippen LogP contribution in [0.2, 0.25) is 5.02 Å². The summed E-state index contributed by atoms with van der Waals surface area (Å²) in [5.41, 5.74) is 1.42. The van der Waals surface area contributed by atoms with Gasteiger partial charge in [-0.2, -0.15) is 5.26 Å². The summed E-state index contributed by atoms with van der Waals surface area (Å²) < 4.78 is 10.6. The quantitative estimate of drug-likeness (QED) is 0.927. The zero-order valence-electron chi connectivity index (χ0n) is 11.3. The molecule has 1 aromatic carbocycles. The van der Waals surface area contributed by atoms with E-state index in [2.05, 4.69) is 11.4 Å². The van der Waals surface area contributed by atoms with Gasteiger partial charge in [-0.1, -0.05) is 11.6 Å². The van der Waals surface area contributed by atoms with Crippen LogP contribution in [0.3, 0.4) is 0 Å². The Balaban J connectivity index is 2.44. The third-order valence-electron chi connectivity index (χ3n) is 3.40. The van der Waals surface area contributed by atoms with Crippen LogP contribution in [0.5, 0.6) is 11.5 Å². The number of carbonyl (C=O) groups is 1. The van der Waals surface area contributed by atoms with Gasteiger partial charge in [0.25, 0.3) is 0 Å². The molecule has 0 radical (unpaired) electrons. The first kappa shape index (κ1) is 14.5. The highest BCUT2D eigenvalue weighted by molar-refractivity contribution is 6.33. The molecule has 0 saturated heterocycles. The zero-order chi connectivity index (χ0) is 14.7. The maximum Gasteiger partial charge on any atom is 0.227 e. The predicted octanol–water partition coefficient (Wildman–Crippen LogP) is 2.77. The maximum atomic E-state index is 12.1. The molecule has 5 nitrogen and oxygen atoms in total. The molecule has 1 unspecified atom stereocenters. The Bertz CT molecular complexity index is 581. The monoisotopic (exact) mass is 294 g/mol. The average Bonchev–Trinajstić information content (AvgIpc) is 2.44. The number of rotatable bonds is 4. The highest BCUT2D eigenvalue weighted by Gasteiger charge is 2.31. The number of halogens is 1. The average molecular weight is 295 g/mol. The lowest BCUT2D eigenvalue weighted by atomic mass is 9.89. The van der Waals surface area contributed by atoms with E-state index in [1.54, 1.807) is 13.2 Å². The largest absolute Gasteiger partial charge is 0.496 e. The Labute approximate surface area is 122 Å². The van der Waals surface area contributed by atoms with Crippen LogP contribution in [0.15, 0.2) is 6.07 Å². The Morgan fingerprint density at radius 1 is 1.50 bits per heavy atom. The van der Waals surface area contributed by atoms with E-state index < -0.39 is 0 Å². The number of benzene rings is 1. The normalized spacial score (nSPS) is 16.9. The van der Waals surface area contributed by atoms with Crippen LogP contribution in [0.1, 0.15) is 18.4 Å². The number of hydrogen-bond donors (Lipinski definition) is 1. The molecule has 1 heterocycles. The van der Waals surface area contributed by atoms with E-state index in [1.165, 1.54) is 7.11 Å². The number of nitrogens with one attached hydrogen (secondary N) is 1. The van der Waals surface area contributed by atoms with Gasteiger partial charge in [-0.05, 0) is 12.8 Å². The zero-order valence-corrected chi connectivity index (χ0v) is 12.1. The number of nitrogens with zero attached hydrogens (tertiary/aromatic N) is 1. The van der Waals surface area contributed by atoms with E-state index in [1.807, 2.05) is 0 Å². The lowest BCUT2D eigenvalue weighted by Gasteiger charge is -2.27. The summed E-state index contributed by atoms with van der Waals surface area (Å²) in [7, 11) is 3.06. The Morgan fingerprint density at radius 2 is 2.25 bits per heavy atom. The second-order valence-corrected chi connectivity index (χ2v) is 4.94. The number of fused-ring (bicyclic) bond motifs is 1. The van der Waals surface area contributed by atoms with Crippen molar-refractivity contribution in [3.8, 4) is 17.6 Å². The Morgan fingerprint density at radius 3 is 2.85 bits per heavy atom. The van der Waals surface area contributed by atoms with E-state index in [4.69, 9.17) is 26.3 Å². The van der Waals surface area contributed by atoms with Crippen molar-refractivity contribution in [1.82, 2.24) is 0 Å². The number of amides is 1. The minimum absolute atomic E-state index is 0.115. The van der Waals surface area contributed by atoms with E-state index in [9.17, 15) is 4.79 Å². The van der Waals surface area contributed by atoms with Gasteiger partial charge in [0.15, 0.2) is 5.75 Å². The lowest BCUT2D eigenvalue weighted by molar-refractivity contribution is -0.120. The fourth-order valence-corrected chi connectivity index (χ4v) is 2.67. The Hall–Kier alpha value is -1.93. The van der Waals surface area contributed by atoms with Gasteiger partial charge in [-0.15, -0.1) is 0 Å². The summed E-state index contributed by atoms with van der Waals surface area (Å²) in [6.07, 6.45) is 1.38. The highest BCUT2D eigenvalue weighted by Crippen LogP contribution is 2.45. The van der Waals surface area contributed by atoms with Crippen LogP contribution in [-0.2, 0) is 11.2 Å². The first-order chi connectivity index (χ1) is 9.62. The molecule has 0 bridgehead atoms. The minimum Gasteiger partial charge on any atom is -0.496 e. The second-order valence-electron chi connectivity index (χ2n) is 4.53. The van der Waals surface area contributed by atoms with Gasteiger partial charge in [0.05, 0.1) is 31.0 Å². The standard InChI is InChI=1S/C14H15ClN2O3/c1-19-11-7-10(15)13(20-2)12-9(11)6-8(4-3-5-16)14(18)17-12/h7-8H,3-4,6H2,1-2H3,(H,17,18). The lowest BCUT2D eigenvalue weighted by Crippen LogP contribution is -2.30. The van der Waals surface area contributed by atoms with E-state index in [-0.39, 0.29) is 11.8 Å². The van der Waals surface area contributed by atoms with Gasteiger partial charge in [0.1, 0.15) is 5.75 Å². The van der Waals surface area contributed by atoms with Crippen molar-refractivity contribution in [1.29, 1.82) is 5.26 Å². The van der Waals surface area contributed by atoms with Crippen LogP contribution in [0.25, 0.3) is 0 Å². The molecule has 0 aromatic heterocycles. The molecular formula is C14H15ClN2O3. The van der Waals surface area contributed by atoms with Crippen molar-refractivity contribution in [3.63, 3.8) is 0 Å². The van der Waals surface area contributed by atoms with Gasteiger partial charge in [-0.3, -0.25) is 4.79 Å². The third kappa shape index (κ3) is 2.52. The van der Waals surface area contributed by atoms with Gasteiger partial charge in [-0.25, -0.2) is 0 Å². The van der Waals surface area contributed by atoms with Crippen molar-refractivity contribution in [2.24, 2.45) is 5.92 Å². The molecule has 1 N–H and O–H groups in total. The minimum atomic E-state index is -0.234. The van der Waals surface area contributed by atoms with Crippen LogP contribution in [0, 0.1) is 17.2 Å². The number of nitriles is 1. The third-order valence-corrected chi connectivity index (χ3v) is 3.68. The van der Waals surface area contributed by atoms with Gasteiger partial charge < -0.3 is 14.8 Å². The van der Waals surface area contributed by atoms with E-state index in [0.29, 0.717) is 41.5 Å². The van der Waals surface area contributed by atoms with Crippen molar-refractivity contribution in [2.75, 3.05) is 19.5 Å². The molecule has 2 rings (SSSR count). The SMILES string of the molecule is COc1cc(Cl)c(OC)c2c1CC(CCC#N)C(=O)N2. The molecule has 1 atom stereocenters. The summed E-state index contributed by atoms with van der Waals surface area (Å²) in [6.45, 7) is 0. The maximum absolute atomic E-state index is 12.1. The van der Waals surface area contributed by atoms with Gasteiger partial charge in [0, 0.05) is 24.0 Å². The number of anilines is 1. The summed E-state index contributed by atoms with van der Waals surface area (Å²) in [5, 5.41) is 11.9. The van der Waals surface area contributed by atoms with Gasteiger partial charge >= 0.3 is 0 Å². The number of methoxy groups -OCH3 is 2. The fourth-order valence-electron chi connectivity index (χ4n) is 2.40. The number of carbonyl (C=O) groups excluding carboxylic acids is 1. The van der Waals surface area contributed by atoms with Crippen LogP contribution in [-0.4, -0.2) is 20.1 Å². The molecule has 0 saturated carbocycles. The van der Waals surface area contributed by atoms with Crippen molar-refractivity contribution >= 4 is 23.2 Å². The molecule has 1 aliphatic heterocycles. The van der Waals surface area contributed by atoms with Crippen LogP contribution in [0.4, 0.5) is 5.69 Å². The Kier molecular flexibility index (Phi) is 4.35. The predicted molar refractivity (Wildman–Crippen MR) is 75.2 cm³/mol. The smallest absolute Gasteiger partial charge is 0.227 e. The van der Waals surface area contributed by atoms with Gasteiger partial charge in [0.2, 0.25) is 5.91 Å². The van der Waals surface area contributed by atoms with E-state index in [0.717, 1.165) is 5.56 Å². The first-order valence-electron chi connectivity index (χ1n) is 6.23. The van der Waals surface area contributed by atoms with Crippen molar-refractivity contribution in [2.45, 2.75) is 19.3 Å².